The number of rotatable bonds is 2. The van der Waals surface area contributed by atoms with Crippen LogP contribution in [-0.4, -0.2) is 35.0 Å². The van der Waals surface area contributed by atoms with Crippen LogP contribution in [0.3, 0.4) is 0 Å². The Bertz CT molecular complexity index is 497. The van der Waals surface area contributed by atoms with Crippen LogP contribution in [0.4, 0.5) is 0 Å². The van der Waals surface area contributed by atoms with Crippen molar-refractivity contribution in [3.63, 3.8) is 0 Å². The van der Waals surface area contributed by atoms with Crippen LogP contribution >= 0.6 is 0 Å². The lowest BCUT2D eigenvalue weighted by atomic mass is 10.1. The molecule has 1 aromatic rings. The van der Waals surface area contributed by atoms with E-state index in [9.17, 15) is 14.4 Å². The van der Waals surface area contributed by atoms with Gasteiger partial charge >= 0.3 is 5.69 Å². The Morgan fingerprint density at radius 1 is 1.22 bits per heavy atom. The van der Waals surface area contributed by atoms with Gasteiger partial charge in [0.05, 0.1) is 0 Å². The average Bonchev–Trinajstić information content (AvgIpc) is 2.56. The number of carbonyl (C=O) groups is 1. The molecule has 0 saturated carbocycles. The number of aromatic nitrogens is 2. The van der Waals surface area contributed by atoms with E-state index in [1.54, 1.807) is 0 Å². The largest absolute Gasteiger partial charge is 0.348 e. The fourth-order valence-corrected chi connectivity index (χ4v) is 2.02. The highest BCUT2D eigenvalue weighted by atomic mass is 16.2. The summed E-state index contributed by atoms with van der Waals surface area (Å²) in [5.74, 6) is -0.412. The van der Waals surface area contributed by atoms with Crippen LogP contribution in [0, 0.1) is 0 Å². The van der Waals surface area contributed by atoms with Crippen molar-refractivity contribution in [3.05, 3.63) is 32.6 Å². The highest BCUT2D eigenvalue weighted by molar-refractivity contribution is 5.92. The van der Waals surface area contributed by atoms with Crippen molar-refractivity contribution in [1.82, 2.24) is 20.6 Å². The van der Waals surface area contributed by atoms with Crippen molar-refractivity contribution in [1.29, 1.82) is 0 Å². The Hall–Kier alpha value is -1.89. The lowest BCUT2D eigenvalue weighted by Gasteiger charge is -2.15. The molecule has 1 aliphatic heterocycles. The average molecular weight is 252 g/mol. The Labute approximate surface area is 103 Å². The maximum atomic E-state index is 11.9. The zero-order valence-electron chi connectivity index (χ0n) is 9.91. The molecular weight excluding hydrogens is 236 g/mol. The maximum Gasteiger partial charge on any atom is 0.326 e. The summed E-state index contributed by atoms with van der Waals surface area (Å²) in [6, 6.07) is 1.17. The first kappa shape index (κ1) is 12.6. The van der Waals surface area contributed by atoms with E-state index < -0.39 is 17.2 Å². The molecule has 2 rings (SSSR count). The monoisotopic (exact) mass is 252 g/mol. The molecule has 4 N–H and O–H groups in total. The van der Waals surface area contributed by atoms with E-state index in [1.807, 2.05) is 4.98 Å². The van der Waals surface area contributed by atoms with Gasteiger partial charge < -0.3 is 15.6 Å². The summed E-state index contributed by atoms with van der Waals surface area (Å²) in [6.45, 7) is 1.81. The second-order valence-electron chi connectivity index (χ2n) is 4.35. The van der Waals surface area contributed by atoms with Gasteiger partial charge in [0, 0.05) is 12.1 Å². The van der Waals surface area contributed by atoms with E-state index in [1.165, 1.54) is 0 Å². The van der Waals surface area contributed by atoms with Gasteiger partial charge in [-0.3, -0.25) is 14.6 Å². The fourth-order valence-electron chi connectivity index (χ4n) is 2.02. The van der Waals surface area contributed by atoms with Crippen LogP contribution in [0.5, 0.6) is 0 Å². The first-order chi connectivity index (χ1) is 8.65. The number of amides is 1. The number of nitrogens with one attached hydrogen (secondary N) is 4. The molecule has 0 bridgehead atoms. The van der Waals surface area contributed by atoms with Crippen LogP contribution in [0.2, 0.25) is 0 Å². The van der Waals surface area contributed by atoms with Gasteiger partial charge in [-0.25, -0.2) is 4.79 Å². The summed E-state index contributed by atoms with van der Waals surface area (Å²) in [5.41, 5.74) is -1.25. The molecule has 1 atom stereocenters. The molecule has 18 heavy (non-hydrogen) atoms. The molecule has 98 valence electrons. The standard InChI is InChI=1S/C11H16N4O3/c16-9-6-8(14-11(18)15-9)10(17)13-7-2-1-4-12-5-3-7/h6-7,12H,1-5H2,(H,13,17)(H2,14,15,16,18). The van der Waals surface area contributed by atoms with Crippen molar-refractivity contribution in [2.24, 2.45) is 0 Å². The Morgan fingerprint density at radius 2 is 2.06 bits per heavy atom. The highest BCUT2D eigenvalue weighted by Gasteiger charge is 2.16. The van der Waals surface area contributed by atoms with Gasteiger partial charge in [0.25, 0.3) is 11.5 Å². The molecule has 0 spiro atoms. The molecule has 1 unspecified atom stereocenters. The number of hydrogen-bond donors (Lipinski definition) is 4. The Balaban J connectivity index is 2.06. The zero-order chi connectivity index (χ0) is 13.0. The molecular formula is C11H16N4O3. The predicted octanol–water partition coefficient (Wildman–Crippen LogP) is -1.06. The third kappa shape index (κ3) is 3.30. The molecule has 0 aliphatic carbocycles. The summed E-state index contributed by atoms with van der Waals surface area (Å²) < 4.78 is 0. The smallest absolute Gasteiger partial charge is 0.326 e. The quantitative estimate of drug-likeness (QED) is 0.538. The molecule has 1 aliphatic rings. The number of hydrogen-bond acceptors (Lipinski definition) is 4. The van der Waals surface area contributed by atoms with Crippen molar-refractivity contribution >= 4 is 5.91 Å². The molecule has 1 amide bonds. The van der Waals surface area contributed by atoms with Gasteiger partial charge in [0.15, 0.2) is 0 Å². The van der Waals surface area contributed by atoms with Crippen LogP contribution < -0.4 is 21.9 Å². The summed E-state index contributed by atoms with van der Waals surface area (Å²) in [7, 11) is 0. The van der Waals surface area contributed by atoms with Gasteiger partial charge in [-0.15, -0.1) is 0 Å². The van der Waals surface area contributed by atoms with Gasteiger partial charge in [0.2, 0.25) is 0 Å². The fraction of sp³-hybridized carbons (Fsp3) is 0.545. The van der Waals surface area contributed by atoms with Crippen molar-refractivity contribution in [2.45, 2.75) is 25.3 Å². The van der Waals surface area contributed by atoms with E-state index in [-0.39, 0.29) is 11.7 Å². The summed E-state index contributed by atoms with van der Waals surface area (Å²) in [4.78, 5) is 38.4. The minimum atomic E-state index is -0.671. The normalized spacial score (nSPS) is 20.1. The molecule has 1 fully saturated rings. The van der Waals surface area contributed by atoms with Crippen LogP contribution in [0.25, 0.3) is 0 Å². The van der Waals surface area contributed by atoms with E-state index in [0.29, 0.717) is 0 Å². The predicted molar refractivity (Wildman–Crippen MR) is 65.7 cm³/mol. The third-order valence-corrected chi connectivity index (χ3v) is 2.92. The molecule has 1 aromatic heterocycles. The van der Waals surface area contributed by atoms with Crippen LogP contribution in [0.15, 0.2) is 15.7 Å². The minimum absolute atomic E-state index is 0.000885. The summed E-state index contributed by atoms with van der Waals surface area (Å²) in [6.07, 6.45) is 2.74. The highest BCUT2D eigenvalue weighted by Crippen LogP contribution is 2.05. The second-order valence-corrected chi connectivity index (χ2v) is 4.35. The van der Waals surface area contributed by atoms with Gasteiger partial charge in [-0.05, 0) is 32.4 Å². The SMILES string of the molecule is O=C(NC1CCCNCC1)c1cc(=O)[nH]c(=O)[nH]1. The molecule has 1 saturated heterocycles. The lowest BCUT2D eigenvalue weighted by molar-refractivity contribution is 0.0928. The van der Waals surface area contributed by atoms with E-state index in [2.05, 4.69) is 15.6 Å². The second kappa shape index (κ2) is 5.63. The molecule has 0 aromatic carbocycles. The maximum absolute atomic E-state index is 11.9. The van der Waals surface area contributed by atoms with E-state index in [0.717, 1.165) is 38.4 Å². The first-order valence-corrected chi connectivity index (χ1v) is 6.00. The van der Waals surface area contributed by atoms with Crippen molar-refractivity contribution < 1.29 is 4.79 Å². The topological polar surface area (TPSA) is 107 Å². The summed E-state index contributed by atoms with van der Waals surface area (Å²) in [5, 5.41) is 6.07. The molecule has 7 heteroatoms. The Morgan fingerprint density at radius 3 is 2.83 bits per heavy atom. The number of H-pyrrole nitrogens is 2. The van der Waals surface area contributed by atoms with Gasteiger partial charge in [-0.2, -0.15) is 0 Å². The molecule has 0 radical (unpaired) electrons. The minimum Gasteiger partial charge on any atom is -0.348 e. The van der Waals surface area contributed by atoms with Gasteiger partial charge in [-0.1, -0.05) is 0 Å². The van der Waals surface area contributed by atoms with Crippen LogP contribution in [-0.2, 0) is 0 Å². The Kier molecular flexibility index (Phi) is 3.93. The zero-order valence-corrected chi connectivity index (χ0v) is 9.91. The number of carbonyl (C=O) groups excluding carboxylic acids is 1. The third-order valence-electron chi connectivity index (χ3n) is 2.92. The van der Waals surface area contributed by atoms with E-state index in [4.69, 9.17) is 0 Å². The van der Waals surface area contributed by atoms with Gasteiger partial charge in [0.1, 0.15) is 5.69 Å². The van der Waals surface area contributed by atoms with E-state index >= 15 is 0 Å². The van der Waals surface area contributed by atoms with Crippen molar-refractivity contribution in [3.8, 4) is 0 Å². The first-order valence-electron chi connectivity index (χ1n) is 6.00. The molecule has 2 heterocycles. The number of aromatic amines is 2. The lowest BCUT2D eigenvalue weighted by Crippen LogP contribution is -2.37. The van der Waals surface area contributed by atoms with Crippen molar-refractivity contribution in [2.75, 3.05) is 13.1 Å². The molecule has 7 nitrogen and oxygen atoms in total. The summed E-state index contributed by atoms with van der Waals surface area (Å²) >= 11 is 0. The van der Waals surface area contributed by atoms with Crippen LogP contribution in [0.1, 0.15) is 29.8 Å².